The number of aliphatic hydroxyl groups excluding tert-OH is 2. The van der Waals surface area contributed by atoms with Gasteiger partial charge in [-0.05, 0) is 49.8 Å². The van der Waals surface area contributed by atoms with E-state index in [4.69, 9.17) is 14.9 Å². The van der Waals surface area contributed by atoms with E-state index in [0.717, 1.165) is 30.4 Å². The van der Waals surface area contributed by atoms with Gasteiger partial charge in [-0.3, -0.25) is 9.59 Å². The smallest absolute Gasteiger partial charge is 0.309 e. The van der Waals surface area contributed by atoms with Crippen LogP contribution in [0.5, 0.6) is 0 Å². The number of rotatable bonds is 2. The lowest BCUT2D eigenvalue weighted by molar-refractivity contribution is -0.155. The molecule has 1 aliphatic rings. The Labute approximate surface area is 212 Å². The zero-order chi connectivity index (χ0) is 26.6. The van der Waals surface area contributed by atoms with Crippen molar-refractivity contribution in [3.8, 4) is 0 Å². The Morgan fingerprint density at radius 1 is 1.19 bits per heavy atom. The molecule has 0 aliphatic carbocycles. The molecule has 2 aromatic rings. The molecule has 0 bridgehead atoms. The van der Waals surface area contributed by atoms with Gasteiger partial charge in [0.2, 0.25) is 5.89 Å². The lowest BCUT2D eigenvalue weighted by atomic mass is 9.73. The van der Waals surface area contributed by atoms with Gasteiger partial charge in [-0.15, -0.1) is 0 Å². The summed E-state index contributed by atoms with van der Waals surface area (Å²) in [7, 11) is 0. The number of ether oxygens (including phenoxy) is 1. The molecule has 1 aromatic heterocycles. The van der Waals surface area contributed by atoms with Crippen LogP contribution < -0.4 is 5.73 Å². The molecule has 0 saturated carbocycles. The number of allylic oxidation sites excluding steroid dienone is 1. The van der Waals surface area contributed by atoms with Gasteiger partial charge in [0, 0.05) is 12.3 Å². The molecule has 5 atom stereocenters. The van der Waals surface area contributed by atoms with Gasteiger partial charge in [-0.1, -0.05) is 45.4 Å². The van der Waals surface area contributed by atoms with E-state index in [0.29, 0.717) is 23.4 Å². The highest BCUT2D eigenvalue weighted by Crippen LogP contribution is 2.33. The van der Waals surface area contributed by atoms with Crippen LogP contribution in [0.1, 0.15) is 84.3 Å². The topological polar surface area (TPSA) is 136 Å². The Morgan fingerprint density at radius 3 is 2.61 bits per heavy atom. The highest BCUT2D eigenvalue weighted by Gasteiger charge is 2.42. The maximum Gasteiger partial charge on any atom is 0.309 e. The van der Waals surface area contributed by atoms with Crippen LogP contribution in [0.4, 0.5) is 0 Å². The summed E-state index contributed by atoms with van der Waals surface area (Å²) in [5.41, 5.74) is 7.57. The summed E-state index contributed by atoms with van der Waals surface area (Å²) in [5.74, 6) is -1.17. The fourth-order valence-corrected chi connectivity index (χ4v) is 4.83. The van der Waals surface area contributed by atoms with E-state index in [2.05, 4.69) is 11.1 Å². The first-order valence-corrected chi connectivity index (χ1v) is 12.8. The molecule has 1 aromatic carbocycles. The highest BCUT2D eigenvalue weighted by molar-refractivity contribution is 5.88. The van der Waals surface area contributed by atoms with Gasteiger partial charge < -0.3 is 25.1 Å². The third-order valence-corrected chi connectivity index (χ3v) is 7.52. The Kier molecular flexibility index (Phi) is 9.08. The Hall–Kier alpha value is -2.55. The molecule has 0 fully saturated rings. The molecular formula is C28H40N2O6. The standard InChI is InChI=1S/C28H40N2O6/c1-16-7-6-8-17(2)26(33)18(3)27(34)28(4,5)23(31)14-25(32)36-21(11-9-16)19-10-12-22-20(13-19)30-24(15-29)35-22/h9-10,12-13,17-18,21,23,26,31,33H,6-8,11,14-15,29H2,1-5H3/b16-9+. The number of Topliss-reactive ketones (excluding diaryl/α,β-unsaturated/α-hetero) is 1. The Bertz CT molecular complexity index is 1100. The van der Waals surface area contributed by atoms with E-state index in [9.17, 15) is 19.8 Å². The maximum atomic E-state index is 13.2. The number of aliphatic hydroxyl groups is 2. The van der Waals surface area contributed by atoms with E-state index in [1.165, 1.54) is 0 Å². The second kappa shape index (κ2) is 11.7. The molecular weight excluding hydrogens is 460 g/mol. The molecule has 0 saturated heterocycles. The van der Waals surface area contributed by atoms with Gasteiger partial charge in [-0.25, -0.2) is 4.98 Å². The number of fused-ring (bicyclic) bond motifs is 1. The Morgan fingerprint density at radius 2 is 1.92 bits per heavy atom. The highest BCUT2D eigenvalue weighted by atomic mass is 16.5. The van der Waals surface area contributed by atoms with Crippen molar-refractivity contribution < 1.29 is 29.0 Å². The van der Waals surface area contributed by atoms with E-state index in [1.807, 2.05) is 26.0 Å². The van der Waals surface area contributed by atoms with Gasteiger partial charge in [0.25, 0.3) is 0 Å². The number of hydrogen-bond donors (Lipinski definition) is 3. The van der Waals surface area contributed by atoms with Gasteiger partial charge in [0.15, 0.2) is 5.58 Å². The Balaban J connectivity index is 1.91. The van der Waals surface area contributed by atoms with E-state index < -0.39 is 35.6 Å². The van der Waals surface area contributed by atoms with Crippen molar-refractivity contribution in [1.82, 2.24) is 4.98 Å². The fraction of sp³-hybridized carbons (Fsp3) is 0.607. The van der Waals surface area contributed by atoms with Crippen LogP contribution in [-0.4, -0.2) is 39.2 Å². The molecule has 0 amide bonds. The van der Waals surface area contributed by atoms with Gasteiger partial charge in [0.1, 0.15) is 17.4 Å². The minimum absolute atomic E-state index is 0.0667. The molecule has 3 rings (SSSR count). The molecule has 1 aliphatic heterocycles. The van der Waals surface area contributed by atoms with Crippen molar-refractivity contribution in [1.29, 1.82) is 0 Å². The average Bonchev–Trinajstić information content (AvgIpc) is 3.26. The zero-order valence-electron chi connectivity index (χ0n) is 22.0. The van der Waals surface area contributed by atoms with Crippen LogP contribution in [0.25, 0.3) is 11.1 Å². The number of hydrogen-bond acceptors (Lipinski definition) is 8. The first-order chi connectivity index (χ1) is 16.9. The number of esters is 1. The van der Waals surface area contributed by atoms with Crippen LogP contribution in [-0.2, 0) is 20.9 Å². The van der Waals surface area contributed by atoms with Crippen molar-refractivity contribution in [2.24, 2.45) is 23.0 Å². The monoisotopic (exact) mass is 500 g/mol. The number of nitrogens with zero attached hydrogens (tertiary/aromatic N) is 1. The molecule has 198 valence electrons. The van der Waals surface area contributed by atoms with E-state index >= 15 is 0 Å². The van der Waals surface area contributed by atoms with E-state index in [-0.39, 0.29) is 24.7 Å². The molecule has 36 heavy (non-hydrogen) atoms. The van der Waals surface area contributed by atoms with Gasteiger partial charge in [0.05, 0.1) is 30.6 Å². The third-order valence-electron chi connectivity index (χ3n) is 7.52. The predicted molar refractivity (Wildman–Crippen MR) is 137 cm³/mol. The molecule has 4 N–H and O–H groups in total. The van der Waals surface area contributed by atoms with Crippen LogP contribution in [0.3, 0.4) is 0 Å². The minimum atomic E-state index is -1.25. The summed E-state index contributed by atoms with van der Waals surface area (Å²) in [5, 5.41) is 21.7. The average molecular weight is 501 g/mol. The zero-order valence-corrected chi connectivity index (χ0v) is 22.0. The van der Waals surface area contributed by atoms with Crippen LogP contribution in [0, 0.1) is 17.3 Å². The van der Waals surface area contributed by atoms with Crippen molar-refractivity contribution >= 4 is 22.9 Å². The molecule has 0 spiro atoms. The number of aromatic nitrogens is 1. The van der Waals surface area contributed by atoms with Crippen molar-refractivity contribution in [3.63, 3.8) is 0 Å². The minimum Gasteiger partial charge on any atom is -0.457 e. The molecule has 2 heterocycles. The number of carbonyl (C=O) groups is 2. The van der Waals surface area contributed by atoms with Crippen LogP contribution >= 0.6 is 0 Å². The summed E-state index contributed by atoms with van der Waals surface area (Å²) in [6.45, 7) is 9.09. The van der Waals surface area contributed by atoms with Gasteiger partial charge >= 0.3 is 5.97 Å². The number of benzene rings is 1. The third kappa shape index (κ3) is 6.41. The largest absolute Gasteiger partial charge is 0.457 e. The van der Waals surface area contributed by atoms with E-state index in [1.54, 1.807) is 26.8 Å². The van der Waals surface area contributed by atoms with Gasteiger partial charge in [-0.2, -0.15) is 0 Å². The fourth-order valence-electron chi connectivity index (χ4n) is 4.83. The summed E-state index contributed by atoms with van der Waals surface area (Å²) in [4.78, 5) is 30.5. The number of ketones is 1. The van der Waals surface area contributed by atoms with Crippen LogP contribution in [0.2, 0.25) is 0 Å². The molecule has 5 unspecified atom stereocenters. The van der Waals surface area contributed by atoms with Crippen molar-refractivity contribution in [2.75, 3.05) is 0 Å². The number of cyclic esters (lactones) is 1. The molecule has 0 radical (unpaired) electrons. The summed E-state index contributed by atoms with van der Waals surface area (Å²) in [6.07, 6.45) is 2.01. The lowest BCUT2D eigenvalue weighted by Gasteiger charge is -2.34. The summed E-state index contributed by atoms with van der Waals surface area (Å²) in [6, 6.07) is 5.44. The van der Waals surface area contributed by atoms with Crippen LogP contribution in [0.15, 0.2) is 34.3 Å². The van der Waals surface area contributed by atoms with Crippen molar-refractivity contribution in [3.05, 3.63) is 41.3 Å². The lowest BCUT2D eigenvalue weighted by Crippen LogP contribution is -2.45. The number of carbonyl (C=O) groups excluding carboxylic acids is 2. The quantitative estimate of drug-likeness (QED) is 0.408. The maximum absolute atomic E-state index is 13.2. The summed E-state index contributed by atoms with van der Waals surface area (Å²) >= 11 is 0. The SMILES string of the molecule is C/C1=C\CC(c2ccc3oc(CN)nc3c2)OC(=O)CC(O)C(C)(C)C(=O)C(C)C(O)C(C)CCC1. The second-order valence-electron chi connectivity index (χ2n) is 10.8. The predicted octanol–water partition coefficient (Wildman–Crippen LogP) is 4.37. The number of oxazole rings is 1. The molecule has 8 nitrogen and oxygen atoms in total. The van der Waals surface area contributed by atoms with Crippen molar-refractivity contribution in [2.45, 2.75) is 91.6 Å². The summed E-state index contributed by atoms with van der Waals surface area (Å²) < 4.78 is 11.4. The first-order valence-electron chi connectivity index (χ1n) is 12.8. The molecule has 8 heteroatoms. The normalized spacial score (nSPS) is 30.6. The number of nitrogens with two attached hydrogens (primary N) is 1. The first kappa shape index (κ1) is 28.0. The second-order valence-corrected chi connectivity index (χ2v) is 10.8.